The van der Waals surface area contributed by atoms with Crippen molar-refractivity contribution in [3.05, 3.63) is 40.8 Å². The number of hydrogen-bond acceptors (Lipinski definition) is 4. The fourth-order valence-corrected chi connectivity index (χ4v) is 2.49. The highest BCUT2D eigenvalue weighted by molar-refractivity contribution is 5.78. The standard InChI is InChI=1S/C13H13N3O3/c17-12-8-11(14-10-5-1-2-6-16(10)12)15-7-3-4-9(15)13(18)19/h1-2,5-6,8-9H,3-4,7H2,(H,18,19). The Hall–Kier alpha value is -2.37. The number of carboxylic acid groups (broad SMARTS) is 1. The van der Waals surface area contributed by atoms with Crippen LogP contribution < -0.4 is 10.5 Å². The van der Waals surface area contributed by atoms with E-state index in [1.54, 1.807) is 29.3 Å². The number of hydrogen-bond donors (Lipinski definition) is 1. The lowest BCUT2D eigenvalue weighted by molar-refractivity contribution is -0.138. The maximum Gasteiger partial charge on any atom is 0.326 e. The first-order chi connectivity index (χ1) is 9.16. The van der Waals surface area contributed by atoms with E-state index < -0.39 is 12.0 Å². The molecule has 1 N–H and O–H groups in total. The lowest BCUT2D eigenvalue weighted by Crippen LogP contribution is -2.37. The van der Waals surface area contributed by atoms with Gasteiger partial charge in [0.15, 0.2) is 0 Å². The van der Waals surface area contributed by atoms with Gasteiger partial charge in [0.25, 0.3) is 5.56 Å². The molecule has 1 unspecified atom stereocenters. The molecule has 0 bridgehead atoms. The molecule has 2 aromatic rings. The third kappa shape index (κ3) is 1.95. The summed E-state index contributed by atoms with van der Waals surface area (Å²) in [5.74, 6) is -0.423. The van der Waals surface area contributed by atoms with Crippen LogP contribution in [0.1, 0.15) is 12.8 Å². The fraction of sp³-hybridized carbons (Fsp3) is 0.308. The van der Waals surface area contributed by atoms with Crippen molar-refractivity contribution >= 4 is 17.4 Å². The molecule has 2 aromatic heterocycles. The molecule has 1 aliphatic rings. The molecular formula is C13H13N3O3. The van der Waals surface area contributed by atoms with Crippen LogP contribution in [0.2, 0.25) is 0 Å². The van der Waals surface area contributed by atoms with Crippen LogP contribution in [-0.4, -0.2) is 33.0 Å². The van der Waals surface area contributed by atoms with E-state index in [1.165, 1.54) is 10.5 Å². The van der Waals surface area contributed by atoms with E-state index in [0.29, 0.717) is 24.4 Å². The first-order valence-electron chi connectivity index (χ1n) is 6.15. The fourth-order valence-electron chi connectivity index (χ4n) is 2.49. The van der Waals surface area contributed by atoms with Gasteiger partial charge < -0.3 is 10.0 Å². The molecule has 19 heavy (non-hydrogen) atoms. The van der Waals surface area contributed by atoms with Crippen LogP contribution >= 0.6 is 0 Å². The van der Waals surface area contributed by atoms with Crippen LogP contribution in [0.25, 0.3) is 5.65 Å². The molecule has 3 heterocycles. The van der Waals surface area contributed by atoms with Gasteiger partial charge in [-0.1, -0.05) is 6.07 Å². The van der Waals surface area contributed by atoms with Crippen molar-refractivity contribution in [1.82, 2.24) is 9.38 Å². The summed E-state index contributed by atoms with van der Waals surface area (Å²) in [6.07, 6.45) is 3.03. The molecule has 1 fully saturated rings. The molecule has 0 aliphatic carbocycles. The van der Waals surface area contributed by atoms with Gasteiger partial charge in [0.2, 0.25) is 0 Å². The van der Waals surface area contributed by atoms with Crippen molar-refractivity contribution in [2.75, 3.05) is 11.4 Å². The molecule has 0 amide bonds. The minimum Gasteiger partial charge on any atom is -0.480 e. The lowest BCUT2D eigenvalue weighted by Gasteiger charge is -2.22. The molecule has 1 saturated heterocycles. The van der Waals surface area contributed by atoms with E-state index in [1.807, 2.05) is 0 Å². The SMILES string of the molecule is O=C(O)C1CCCN1c1cc(=O)n2ccccc2n1. The lowest BCUT2D eigenvalue weighted by atomic mass is 10.2. The van der Waals surface area contributed by atoms with Crippen molar-refractivity contribution in [2.24, 2.45) is 0 Å². The number of carboxylic acids is 1. The number of nitrogens with zero attached hydrogens (tertiary/aromatic N) is 3. The molecule has 1 aliphatic heterocycles. The van der Waals surface area contributed by atoms with Crippen molar-refractivity contribution < 1.29 is 9.90 Å². The summed E-state index contributed by atoms with van der Waals surface area (Å²) >= 11 is 0. The Bertz CT molecular complexity index is 695. The minimum atomic E-state index is -0.868. The summed E-state index contributed by atoms with van der Waals surface area (Å²) in [5.41, 5.74) is 0.331. The number of pyridine rings is 1. The predicted molar refractivity (Wildman–Crippen MR) is 69.5 cm³/mol. The van der Waals surface area contributed by atoms with E-state index >= 15 is 0 Å². The van der Waals surface area contributed by atoms with Crippen molar-refractivity contribution in [1.29, 1.82) is 0 Å². The molecule has 6 nitrogen and oxygen atoms in total. The van der Waals surface area contributed by atoms with Gasteiger partial charge in [0.1, 0.15) is 17.5 Å². The van der Waals surface area contributed by atoms with E-state index in [0.717, 1.165) is 6.42 Å². The third-order valence-electron chi connectivity index (χ3n) is 3.39. The summed E-state index contributed by atoms with van der Waals surface area (Å²) in [5, 5.41) is 9.17. The van der Waals surface area contributed by atoms with Crippen LogP contribution in [0, 0.1) is 0 Å². The second kappa shape index (κ2) is 4.38. The highest BCUT2D eigenvalue weighted by atomic mass is 16.4. The van der Waals surface area contributed by atoms with E-state index in [9.17, 15) is 14.7 Å². The van der Waals surface area contributed by atoms with Gasteiger partial charge in [-0.3, -0.25) is 9.20 Å². The second-order valence-electron chi connectivity index (χ2n) is 4.57. The number of fused-ring (bicyclic) bond motifs is 1. The van der Waals surface area contributed by atoms with Crippen LogP contribution in [0.4, 0.5) is 5.82 Å². The molecule has 6 heteroatoms. The molecule has 0 radical (unpaired) electrons. The Kier molecular flexibility index (Phi) is 2.70. The Morgan fingerprint density at radius 3 is 3.05 bits per heavy atom. The summed E-state index contributed by atoms with van der Waals surface area (Å²) in [4.78, 5) is 29.2. The van der Waals surface area contributed by atoms with E-state index in [4.69, 9.17) is 0 Å². The Morgan fingerprint density at radius 2 is 2.26 bits per heavy atom. The number of rotatable bonds is 2. The van der Waals surface area contributed by atoms with E-state index in [-0.39, 0.29) is 5.56 Å². The van der Waals surface area contributed by atoms with Gasteiger partial charge >= 0.3 is 5.97 Å². The maximum absolute atomic E-state index is 12.0. The summed E-state index contributed by atoms with van der Waals surface area (Å²) in [7, 11) is 0. The zero-order valence-electron chi connectivity index (χ0n) is 10.2. The quantitative estimate of drug-likeness (QED) is 0.861. The molecule has 1 atom stereocenters. The molecule has 0 spiro atoms. The zero-order valence-corrected chi connectivity index (χ0v) is 10.2. The average Bonchev–Trinajstić information content (AvgIpc) is 2.88. The first-order valence-corrected chi connectivity index (χ1v) is 6.15. The van der Waals surface area contributed by atoms with Crippen LogP contribution in [-0.2, 0) is 4.79 Å². The molecule has 0 aromatic carbocycles. The normalized spacial score (nSPS) is 18.9. The van der Waals surface area contributed by atoms with Gasteiger partial charge in [-0.05, 0) is 25.0 Å². The zero-order chi connectivity index (χ0) is 13.4. The smallest absolute Gasteiger partial charge is 0.326 e. The Labute approximate surface area is 108 Å². The van der Waals surface area contributed by atoms with Crippen LogP contribution in [0.5, 0.6) is 0 Å². The largest absolute Gasteiger partial charge is 0.480 e. The number of aromatic nitrogens is 2. The maximum atomic E-state index is 12.0. The monoisotopic (exact) mass is 259 g/mol. The van der Waals surface area contributed by atoms with E-state index in [2.05, 4.69) is 4.98 Å². The van der Waals surface area contributed by atoms with Crippen molar-refractivity contribution in [3.63, 3.8) is 0 Å². The first kappa shape index (κ1) is 11.7. The molecular weight excluding hydrogens is 246 g/mol. The van der Waals surface area contributed by atoms with Crippen LogP contribution in [0.15, 0.2) is 35.3 Å². The molecule has 0 saturated carbocycles. The molecule has 3 rings (SSSR count). The third-order valence-corrected chi connectivity index (χ3v) is 3.39. The molecule has 98 valence electrons. The summed E-state index contributed by atoms with van der Waals surface area (Å²) in [6, 6.07) is 6.10. The summed E-state index contributed by atoms with van der Waals surface area (Å²) < 4.78 is 1.44. The average molecular weight is 259 g/mol. The minimum absolute atomic E-state index is 0.198. The van der Waals surface area contributed by atoms with Gasteiger partial charge in [-0.15, -0.1) is 0 Å². The summed E-state index contributed by atoms with van der Waals surface area (Å²) in [6.45, 7) is 0.617. The van der Waals surface area contributed by atoms with Crippen molar-refractivity contribution in [2.45, 2.75) is 18.9 Å². The Morgan fingerprint density at radius 1 is 1.42 bits per heavy atom. The number of carbonyl (C=O) groups is 1. The highest BCUT2D eigenvalue weighted by Gasteiger charge is 2.31. The van der Waals surface area contributed by atoms with Gasteiger partial charge in [-0.2, -0.15) is 0 Å². The number of aliphatic carboxylic acids is 1. The topological polar surface area (TPSA) is 74.9 Å². The van der Waals surface area contributed by atoms with Gasteiger partial charge in [0, 0.05) is 18.8 Å². The van der Waals surface area contributed by atoms with Crippen molar-refractivity contribution in [3.8, 4) is 0 Å². The van der Waals surface area contributed by atoms with Gasteiger partial charge in [-0.25, -0.2) is 9.78 Å². The highest BCUT2D eigenvalue weighted by Crippen LogP contribution is 2.23. The second-order valence-corrected chi connectivity index (χ2v) is 4.57. The van der Waals surface area contributed by atoms with Gasteiger partial charge in [0.05, 0.1) is 0 Å². The number of anilines is 1. The Balaban J connectivity index is 2.10. The predicted octanol–water partition coefficient (Wildman–Crippen LogP) is 0.748. The van der Waals surface area contributed by atoms with Crippen LogP contribution in [0.3, 0.4) is 0 Å².